The molecule has 0 bridgehead atoms. The lowest BCUT2D eigenvalue weighted by molar-refractivity contribution is -0.119. The number of allylic oxidation sites excluding steroid dienone is 2. The Morgan fingerprint density at radius 3 is 3.00 bits per heavy atom. The molecule has 1 atom stereocenters. The Balaban J connectivity index is 2.54. The summed E-state index contributed by atoms with van der Waals surface area (Å²) in [5.41, 5.74) is 1.17. The van der Waals surface area contributed by atoms with Gasteiger partial charge in [-0.05, 0) is 32.3 Å². The molecule has 0 aromatic carbocycles. The van der Waals surface area contributed by atoms with Gasteiger partial charge in [-0.1, -0.05) is 5.57 Å². The fourth-order valence-corrected chi connectivity index (χ4v) is 1.42. The summed E-state index contributed by atoms with van der Waals surface area (Å²) >= 11 is 0. The Morgan fingerprint density at radius 1 is 1.73 bits per heavy atom. The smallest absolute Gasteiger partial charge is 0.158 e. The quantitative estimate of drug-likeness (QED) is 0.650. The van der Waals surface area contributed by atoms with Crippen molar-refractivity contribution in [3.8, 4) is 0 Å². The molecule has 1 rings (SSSR count). The molecule has 0 fully saturated rings. The van der Waals surface area contributed by atoms with Gasteiger partial charge in [0.05, 0.1) is 0 Å². The molecule has 1 unspecified atom stereocenters. The lowest BCUT2D eigenvalue weighted by atomic mass is 9.87. The maximum Gasteiger partial charge on any atom is 0.158 e. The molecule has 0 radical (unpaired) electrons. The number of aliphatic hydroxyl groups is 1. The first-order valence-corrected chi connectivity index (χ1v) is 4.06. The topological polar surface area (TPSA) is 37.3 Å². The van der Waals surface area contributed by atoms with Crippen LogP contribution in [0.2, 0.25) is 0 Å². The zero-order valence-electron chi connectivity index (χ0n) is 6.84. The van der Waals surface area contributed by atoms with E-state index in [2.05, 4.69) is 0 Å². The van der Waals surface area contributed by atoms with E-state index in [9.17, 15) is 4.79 Å². The van der Waals surface area contributed by atoms with Crippen LogP contribution in [0.4, 0.5) is 0 Å². The zero-order valence-corrected chi connectivity index (χ0v) is 6.84. The van der Waals surface area contributed by atoms with E-state index in [-0.39, 0.29) is 18.3 Å². The van der Waals surface area contributed by atoms with Crippen LogP contribution in [0, 0.1) is 5.92 Å². The van der Waals surface area contributed by atoms with Crippen LogP contribution in [0.15, 0.2) is 11.6 Å². The minimum atomic E-state index is 0.0868. The molecule has 0 aromatic heterocycles. The van der Waals surface area contributed by atoms with Crippen molar-refractivity contribution < 1.29 is 9.90 Å². The first-order valence-electron chi connectivity index (χ1n) is 4.06. The minimum Gasteiger partial charge on any atom is -0.396 e. The minimum absolute atomic E-state index is 0.0868. The summed E-state index contributed by atoms with van der Waals surface area (Å²) in [6.07, 6.45) is 4.27. The summed E-state index contributed by atoms with van der Waals surface area (Å²) in [5.74, 6) is 0.284. The molecule has 11 heavy (non-hydrogen) atoms. The van der Waals surface area contributed by atoms with Crippen LogP contribution in [0.3, 0.4) is 0 Å². The van der Waals surface area contributed by atoms with E-state index in [0.717, 1.165) is 12.8 Å². The van der Waals surface area contributed by atoms with E-state index in [1.165, 1.54) is 5.57 Å². The third-order valence-electron chi connectivity index (χ3n) is 2.16. The highest BCUT2D eigenvalue weighted by atomic mass is 16.3. The molecular formula is C9H14O2. The maximum absolute atomic E-state index is 11.2. The lowest BCUT2D eigenvalue weighted by Crippen LogP contribution is -2.17. The third-order valence-corrected chi connectivity index (χ3v) is 2.16. The van der Waals surface area contributed by atoms with Crippen LogP contribution >= 0.6 is 0 Å². The summed E-state index contributed by atoms with van der Waals surface area (Å²) in [4.78, 5) is 11.2. The summed E-state index contributed by atoms with van der Waals surface area (Å²) in [7, 11) is 0. The summed E-state index contributed by atoms with van der Waals surface area (Å²) in [6.45, 7) is 2.11. The summed E-state index contributed by atoms with van der Waals surface area (Å²) in [5, 5.41) is 8.63. The average Bonchev–Trinajstić information content (AvgIpc) is 1.95. The first-order chi connectivity index (χ1) is 5.24. The van der Waals surface area contributed by atoms with Gasteiger partial charge in [-0.3, -0.25) is 4.79 Å². The maximum atomic E-state index is 11.2. The van der Waals surface area contributed by atoms with E-state index in [0.29, 0.717) is 6.42 Å². The van der Waals surface area contributed by atoms with E-state index in [4.69, 9.17) is 5.11 Å². The standard InChI is InChI=1S/C9H14O2/c1-7-2-3-8(4-5-10)9(11)6-7/h6,8,10H,2-5H2,1H3. The molecule has 0 heterocycles. The van der Waals surface area contributed by atoms with Crippen molar-refractivity contribution >= 4 is 5.78 Å². The Hall–Kier alpha value is -0.630. The van der Waals surface area contributed by atoms with E-state index in [1.54, 1.807) is 6.08 Å². The van der Waals surface area contributed by atoms with Gasteiger partial charge in [-0.15, -0.1) is 0 Å². The van der Waals surface area contributed by atoms with Crippen LogP contribution < -0.4 is 0 Å². The lowest BCUT2D eigenvalue weighted by Gasteiger charge is -2.17. The molecule has 1 N–H and O–H groups in total. The normalized spacial score (nSPS) is 25.1. The average molecular weight is 154 g/mol. The third kappa shape index (κ3) is 2.15. The van der Waals surface area contributed by atoms with Crippen LogP contribution in [-0.4, -0.2) is 17.5 Å². The van der Waals surface area contributed by atoms with E-state index < -0.39 is 0 Å². The Bertz CT molecular complexity index is 182. The molecule has 0 aliphatic heterocycles. The van der Waals surface area contributed by atoms with Crippen molar-refractivity contribution in [3.63, 3.8) is 0 Å². The van der Waals surface area contributed by atoms with E-state index >= 15 is 0 Å². The van der Waals surface area contributed by atoms with Crippen molar-refractivity contribution in [2.24, 2.45) is 5.92 Å². The van der Waals surface area contributed by atoms with Crippen molar-refractivity contribution in [2.75, 3.05) is 6.61 Å². The fraction of sp³-hybridized carbons (Fsp3) is 0.667. The van der Waals surface area contributed by atoms with Gasteiger partial charge >= 0.3 is 0 Å². The number of rotatable bonds is 2. The second-order valence-corrected chi connectivity index (χ2v) is 3.14. The number of ketones is 1. The SMILES string of the molecule is CC1=CC(=O)C(CCO)CC1. The van der Waals surface area contributed by atoms with Crippen LogP contribution in [0.5, 0.6) is 0 Å². The number of carbonyl (C=O) groups is 1. The van der Waals surface area contributed by atoms with Crippen LogP contribution in [0.25, 0.3) is 0 Å². The van der Waals surface area contributed by atoms with Crippen LogP contribution in [0.1, 0.15) is 26.2 Å². The monoisotopic (exact) mass is 154 g/mol. The predicted octanol–water partition coefficient (Wildman–Crippen LogP) is 1.29. The first kappa shape index (κ1) is 8.47. The Morgan fingerprint density at radius 2 is 2.45 bits per heavy atom. The summed E-state index contributed by atoms with van der Waals surface area (Å²) in [6, 6.07) is 0. The highest BCUT2D eigenvalue weighted by Crippen LogP contribution is 2.22. The molecule has 2 nitrogen and oxygen atoms in total. The van der Waals surface area contributed by atoms with Gasteiger partial charge in [0.2, 0.25) is 0 Å². The molecule has 0 aromatic rings. The highest BCUT2D eigenvalue weighted by Gasteiger charge is 2.19. The fourth-order valence-electron chi connectivity index (χ4n) is 1.42. The second kappa shape index (κ2) is 3.67. The van der Waals surface area contributed by atoms with Crippen molar-refractivity contribution in [1.82, 2.24) is 0 Å². The molecule has 0 saturated carbocycles. The number of hydrogen-bond acceptors (Lipinski definition) is 2. The Kier molecular flexibility index (Phi) is 2.83. The molecular weight excluding hydrogens is 140 g/mol. The molecule has 62 valence electrons. The Labute approximate surface area is 66.9 Å². The van der Waals surface area contributed by atoms with Crippen molar-refractivity contribution in [3.05, 3.63) is 11.6 Å². The predicted molar refractivity (Wildman–Crippen MR) is 43.2 cm³/mol. The van der Waals surface area contributed by atoms with Gasteiger partial charge in [-0.2, -0.15) is 0 Å². The molecule has 0 saturated heterocycles. The molecule has 1 aliphatic carbocycles. The van der Waals surface area contributed by atoms with Gasteiger partial charge in [0.1, 0.15) is 0 Å². The largest absolute Gasteiger partial charge is 0.396 e. The highest BCUT2D eigenvalue weighted by molar-refractivity contribution is 5.93. The zero-order chi connectivity index (χ0) is 8.27. The van der Waals surface area contributed by atoms with E-state index in [1.807, 2.05) is 6.92 Å². The van der Waals surface area contributed by atoms with Crippen molar-refractivity contribution in [1.29, 1.82) is 0 Å². The molecule has 1 aliphatic rings. The van der Waals surface area contributed by atoms with Gasteiger partial charge in [-0.25, -0.2) is 0 Å². The van der Waals surface area contributed by atoms with Gasteiger partial charge < -0.3 is 5.11 Å². The number of carbonyl (C=O) groups excluding carboxylic acids is 1. The van der Waals surface area contributed by atoms with Gasteiger partial charge in [0.15, 0.2) is 5.78 Å². The second-order valence-electron chi connectivity index (χ2n) is 3.14. The molecule has 0 amide bonds. The molecule has 2 heteroatoms. The van der Waals surface area contributed by atoms with Crippen LogP contribution in [-0.2, 0) is 4.79 Å². The summed E-state index contributed by atoms with van der Waals surface area (Å²) < 4.78 is 0. The number of aliphatic hydroxyl groups excluding tert-OH is 1. The molecule has 0 spiro atoms. The van der Waals surface area contributed by atoms with Gasteiger partial charge in [0, 0.05) is 12.5 Å². The van der Waals surface area contributed by atoms with Crippen molar-refractivity contribution in [2.45, 2.75) is 26.2 Å². The van der Waals surface area contributed by atoms with Gasteiger partial charge in [0.25, 0.3) is 0 Å². The number of hydrogen-bond donors (Lipinski definition) is 1.